The smallest absolute Gasteiger partial charge is 0.258 e. The molecule has 1 fully saturated rings. The van der Waals surface area contributed by atoms with Gasteiger partial charge in [-0.2, -0.15) is 0 Å². The molecule has 34 heavy (non-hydrogen) atoms. The number of nitrogens with one attached hydrogen (secondary N) is 2. The Bertz CT molecular complexity index is 1170. The fourth-order valence-corrected chi connectivity index (χ4v) is 5.67. The number of pyridine rings is 1. The number of ether oxygens (including phenoxy) is 2. The molecule has 0 bridgehead atoms. The van der Waals surface area contributed by atoms with Crippen LogP contribution in [-0.2, 0) is 4.79 Å². The van der Waals surface area contributed by atoms with Gasteiger partial charge in [-0.15, -0.1) is 0 Å². The lowest BCUT2D eigenvalue weighted by Gasteiger charge is -2.32. The summed E-state index contributed by atoms with van der Waals surface area (Å²) in [4.78, 5) is 18.5. The van der Waals surface area contributed by atoms with Gasteiger partial charge in [-0.3, -0.25) is 9.20 Å². The maximum Gasteiger partial charge on any atom is 0.258 e. The van der Waals surface area contributed by atoms with Crippen LogP contribution in [0.4, 0.5) is 0 Å². The lowest BCUT2D eigenvalue weighted by Crippen LogP contribution is -2.44. The number of carbonyl (C=O) groups excluding carboxylic acids is 1. The quantitative estimate of drug-likeness (QED) is 0.451. The molecule has 8 heteroatoms. The Labute approximate surface area is 203 Å². The van der Waals surface area contributed by atoms with Gasteiger partial charge < -0.3 is 20.1 Å². The zero-order valence-electron chi connectivity index (χ0n) is 19.3. The minimum Gasteiger partial charge on any atom is -0.497 e. The Balaban J connectivity index is 1.22. The predicted octanol–water partition coefficient (Wildman–Crippen LogP) is 4.13. The van der Waals surface area contributed by atoms with Crippen molar-refractivity contribution in [1.29, 1.82) is 0 Å². The van der Waals surface area contributed by atoms with E-state index >= 15 is 0 Å². The highest BCUT2D eigenvalue weighted by molar-refractivity contribution is 8.04. The van der Waals surface area contributed by atoms with Crippen LogP contribution in [0.3, 0.4) is 0 Å². The van der Waals surface area contributed by atoms with E-state index in [1.165, 1.54) is 11.8 Å². The first-order valence-electron chi connectivity index (χ1n) is 11.9. The number of carbonyl (C=O) groups is 1. The molecule has 178 valence electrons. The molecular weight excluding hydrogens is 448 g/mol. The summed E-state index contributed by atoms with van der Waals surface area (Å²) in [5.74, 6) is 2.11. The minimum atomic E-state index is -0.00550. The van der Waals surface area contributed by atoms with E-state index in [2.05, 4.69) is 20.0 Å². The van der Waals surface area contributed by atoms with Crippen molar-refractivity contribution in [2.45, 2.75) is 36.8 Å². The Kier molecular flexibility index (Phi) is 7.06. The summed E-state index contributed by atoms with van der Waals surface area (Å²) in [5.41, 5.74) is 1.85. The number of rotatable bonds is 9. The van der Waals surface area contributed by atoms with E-state index in [1.54, 1.807) is 7.11 Å². The van der Waals surface area contributed by atoms with Gasteiger partial charge in [0, 0.05) is 6.04 Å². The maximum absolute atomic E-state index is 13.3. The number of nitrogens with zero attached hydrogens (tertiary/aromatic N) is 2. The second kappa shape index (κ2) is 10.5. The SMILES string of the molecule is COc1ccc(OCCCC(NC(=O)C2=Cc3cnc4cccc(n34)S2)C2CCNCC2)cc1. The zero-order chi connectivity index (χ0) is 23.3. The largest absolute Gasteiger partial charge is 0.497 e. The molecule has 1 saturated heterocycles. The van der Waals surface area contributed by atoms with Crippen LogP contribution >= 0.6 is 11.8 Å². The molecule has 5 rings (SSSR count). The predicted molar refractivity (Wildman–Crippen MR) is 134 cm³/mol. The van der Waals surface area contributed by atoms with Gasteiger partial charge in [0.1, 0.15) is 17.1 Å². The van der Waals surface area contributed by atoms with Crippen molar-refractivity contribution < 1.29 is 14.3 Å². The normalized spacial score (nSPS) is 16.7. The molecule has 4 heterocycles. The van der Waals surface area contributed by atoms with Gasteiger partial charge in [-0.25, -0.2) is 4.98 Å². The van der Waals surface area contributed by atoms with Crippen molar-refractivity contribution in [3.05, 3.63) is 59.3 Å². The van der Waals surface area contributed by atoms with Crippen LogP contribution in [0.15, 0.2) is 58.6 Å². The molecule has 0 spiro atoms. The summed E-state index contributed by atoms with van der Waals surface area (Å²) in [6, 6.07) is 13.8. The molecule has 1 unspecified atom stereocenters. The first-order chi connectivity index (χ1) is 16.7. The molecule has 0 saturated carbocycles. The average Bonchev–Trinajstić information content (AvgIpc) is 3.31. The molecule has 3 aromatic rings. The van der Waals surface area contributed by atoms with Crippen molar-refractivity contribution in [1.82, 2.24) is 20.0 Å². The van der Waals surface area contributed by atoms with E-state index < -0.39 is 0 Å². The van der Waals surface area contributed by atoms with E-state index in [0.717, 1.165) is 66.6 Å². The van der Waals surface area contributed by atoms with Gasteiger partial charge in [0.05, 0.1) is 35.5 Å². The molecule has 1 atom stereocenters. The van der Waals surface area contributed by atoms with Gasteiger partial charge in [-0.05, 0) is 87.2 Å². The van der Waals surface area contributed by atoms with Crippen LogP contribution in [0.2, 0.25) is 0 Å². The van der Waals surface area contributed by atoms with E-state index in [-0.39, 0.29) is 11.9 Å². The van der Waals surface area contributed by atoms with Crippen molar-refractivity contribution in [2.24, 2.45) is 5.92 Å². The highest BCUT2D eigenvalue weighted by atomic mass is 32.2. The summed E-state index contributed by atoms with van der Waals surface area (Å²) in [6.07, 6.45) is 7.67. The summed E-state index contributed by atoms with van der Waals surface area (Å²) in [7, 11) is 1.65. The van der Waals surface area contributed by atoms with Crippen molar-refractivity contribution in [3.8, 4) is 11.5 Å². The van der Waals surface area contributed by atoms with Crippen molar-refractivity contribution in [3.63, 3.8) is 0 Å². The highest BCUT2D eigenvalue weighted by Gasteiger charge is 2.27. The molecule has 2 N–H and O–H groups in total. The van der Waals surface area contributed by atoms with Crippen molar-refractivity contribution >= 4 is 29.4 Å². The van der Waals surface area contributed by atoms with E-state index in [0.29, 0.717) is 17.4 Å². The number of thioether (sulfide) groups is 1. The third kappa shape index (κ3) is 5.08. The van der Waals surface area contributed by atoms with E-state index in [9.17, 15) is 4.79 Å². The fourth-order valence-electron chi connectivity index (χ4n) is 4.68. The summed E-state index contributed by atoms with van der Waals surface area (Å²) >= 11 is 1.50. The van der Waals surface area contributed by atoms with Gasteiger partial charge in [-0.1, -0.05) is 17.8 Å². The van der Waals surface area contributed by atoms with Crippen LogP contribution in [0.1, 0.15) is 31.4 Å². The minimum absolute atomic E-state index is 0.00550. The van der Waals surface area contributed by atoms with Crippen LogP contribution in [0.25, 0.3) is 11.7 Å². The first kappa shape index (κ1) is 22.8. The fraction of sp³-hybridized carbons (Fsp3) is 0.385. The summed E-state index contributed by atoms with van der Waals surface area (Å²) in [6.45, 7) is 2.61. The number of imidazole rings is 1. The average molecular weight is 479 g/mol. The van der Waals surface area contributed by atoms with Crippen LogP contribution in [-0.4, -0.2) is 48.1 Å². The van der Waals surface area contributed by atoms with Gasteiger partial charge in [0.2, 0.25) is 0 Å². The Morgan fingerprint density at radius 3 is 2.79 bits per heavy atom. The first-order valence-corrected chi connectivity index (χ1v) is 12.7. The van der Waals surface area contributed by atoms with Crippen LogP contribution in [0.5, 0.6) is 11.5 Å². The van der Waals surface area contributed by atoms with E-state index in [1.807, 2.05) is 54.7 Å². The third-order valence-electron chi connectivity index (χ3n) is 6.50. The topological polar surface area (TPSA) is 76.9 Å². The standard InChI is InChI=1S/C26H30N4O3S/c1-32-20-7-9-21(10-8-20)33-15-3-4-22(18-11-13-27-14-12-18)29-26(31)23-16-19-17-28-24-5-2-6-25(34-23)30(19)24/h2,5-10,16-18,22,27H,3-4,11-15H2,1H3,(H,29,31). The number of methoxy groups -OCH3 is 1. The third-order valence-corrected chi connectivity index (χ3v) is 7.55. The molecule has 1 aromatic carbocycles. The van der Waals surface area contributed by atoms with Gasteiger partial charge >= 0.3 is 0 Å². The van der Waals surface area contributed by atoms with Gasteiger partial charge in [0.15, 0.2) is 0 Å². The van der Waals surface area contributed by atoms with Crippen LogP contribution < -0.4 is 20.1 Å². The van der Waals surface area contributed by atoms with Crippen molar-refractivity contribution in [2.75, 3.05) is 26.8 Å². The number of piperidine rings is 1. The lowest BCUT2D eigenvalue weighted by molar-refractivity contribution is -0.117. The zero-order valence-corrected chi connectivity index (χ0v) is 20.1. The molecule has 2 aliphatic rings. The molecule has 2 aliphatic heterocycles. The second-order valence-corrected chi connectivity index (χ2v) is 9.75. The molecular formula is C26H30N4O3S. The summed E-state index contributed by atoms with van der Waals surface area (Å²) in [5, 5.41) is 7.82. The maximum atomic E-state index is 13.3. The molecule has 7 nitrogen and oxygen atoms in total. The molecule has 0 aliphatic carbocycles. The molecule has 2 aromatic heterocycles. The summed E-state index contributed by atoms with van der Waals surface area (Å²) < 4.78 is 13.2. The van der Waals surface area contributed by atoms with Gasteiger partial charge in [0.25, 0.3) is 5.91 Å². The Morgan fingerprint density at radius 1 is 1.21 bits per heavy atom. The van der Waals surface area contributed by atoms with E-state index in [4.69, 9.17) is 9.47 Å². The Morgan fingerprint density at radius 2 is 2.00 bits per heavy atom. The highest BCUT2D eigenvalue weighted by Crippen LogP contribution is 2.34. The molecule has 0 radical (unpaired) electrons. The van der Waals surface area contributed by atoms with Crippen LogP contribution in [0, 0.1) is 5.92 Å². The number of hydrogen-bond donors (Lipinski definition) is 2. The second-order valence-electron chi connectivity index (χ2n) is 8.68. The number of aromatic nitrogens is 2. The number of amides is 1. The number of hydrogen-bond acceptors (Lipinski definition) is 6. The Hall–Kier alpha value is -2.97. The lowest BCUT2D eigenvalue weighted by atomic mass is 9.87. The number of benzene rings is 1. The monoisotopic (exact) mass is 478 g/mol. The molecule has 1 amide bonds.